The lowest BCUT2D eigenvalue weighted by molar-refractivity contribution is -0.384. The normalized spacial score (nSPS) is 23.9. The molecule has 7 heteroatoms. The maximum atomic E-state index is 12.7. The van der Waals surface area contributed by atoms with Crippen LogP contribution in [-0.4, -0.2) is 23.5 Å². The minimum absolute atomic E-state index is 0.0212. The average Bonchev–Trinajstić information content (AvgIpc) is 2.67. The van der Waals surface area contributed by atoms with Crippen LogP contribution in [0.5, 0.6) is 0 Å². The van der Waals surface area contributed by atoms with Gasteiger partial charge in [0, 0.05) is 29.4 Å². The Morgan fingerprint density at radius 1 is 1.25 bits per heavy atom. The van der Waals surface area contributed by atoms with Gasteiger partial charge in [0.1, 0.15) is 0 Å². The molecule has 7 nitrogen and oxygen atoms in total. The number of ether oxygens (including phenoxy) is 1. The van der Waals surface area contributed by atoms with Crippen molar-refractivity contribution in [2.75, 3.05) is 7.11 Å². The van der Waals surface area contributed by atoms with E-state index in [-0.39, 0.29) is 5.69 Å². The standard InChI is InChI=1S/C21H23N3O4/c1-13-17(20(25)28-4)18(15-8-7-9-16(12-15)24(26)27)19(14(2)23-13)21(3)10-5-6-11-22-21/h5-12,18,22-23H,1-4H3. The van der Waals surface area contributed by atoms with Crippen molar-refractivity contribution in [3.63, 3.8) is 0 Å². The molecule has 2 heterocycles. The third-order valence-corrected chi connectivity index (χ3v) is 5.16. The number of nitro groups is 1. The molecule has 146 valence electrons. The van der Waals surface area contributed by atoms with Crippen molar-refractivity contribution in [3.8, 4) is 0 Å². The van der Waals surface area contributed by atoms with E-state index < -0.39 is 22.3 Å². The van der Waals surface area contributed by atoms with E-state index in [1.54, 1.807) is 12.1 Å². The number of hydrogen-bond acceptors (Lipinski definition) is 6. The van der Waals surface area contributed by atoms with Crippen LogP contribution in [-0.2, 0) is 9.53 Å². The van der Waals surface area contributed by atoms with Crippen LogP contribution in [0, 0.1) is 10.1 Å². The molecule has 0 bridgehead atoms. The summed E-state index contributed by atoms with van der Waals surface area (Å²) in [5, 5.41) is 18.0. The molecule has 1 aromatic rings. The van der Waals surface area contributed by atoms with Crippen molar-refractivity contribution in [2.24, 2.45) is 0 Å². The highest BCUT2D eigenvalue weighted by Crippen LogP contribution is 2.44. The molecule has 1 aromatic carbocycles. The second kappa shape index (κ2) is 7.34. The number of benzene rings is 1. The third-order valence-electron chi connectivity index (χ3n) is 5.16. The smallest absolute Gasteiger partial charge is 0.336 e. The summed E-state index contributed by atoms with van der Waals surface area (Å²) < 4.78 is 5.05. The van der Waals surface area contributed by atoms with Crippen molar-refractivity contribution < 1.29 is 14.5 Å². The lowest BCUT2D eigenvalue weighted by Crippen LogP contribution is -2.46. The van der Waals surface area contributed by atoms with Crippen LogP contribution < -0.4 is 10.6 Å². The van der Waals surface area contributed by atoms with E-state index in [0.29, 0.717) is 16.8 Å². The number of nitrogens with one attached hydrogen (secondary N) is 2. The number of non-ortho nitro benzene ring substituents is 1. The zero-order valence-electron chi connectivity index (χ0n) is 16.3. The lowest BCUT2D eigenvalue weighted by atomic mass is 9.72. The van der Waals surface area contributed by atoms with Crippen LogP contribution in [0.25, 0.3) is 0 Å². The molecule has 2 atom stereocenters. The zero-order valence-corrected chi connectivity index (χ0v) is 16.3. The molecule has 2 aliphatic rings. The number of allylic oxidation sites excluding steroid dienone is 4. The molecule has 2 aliphatic heterocycles. The number of hydrogen-bond donors (Lipinski definition) is 2. The van der Waals surface area contributed by atoms with Gasteiger partial charge in [0.25, 0.3) is 5.69 Å². The van der Waals surface area contributed by atoms with E-state index in [2.05, 4.69) is 10.6 Å². The summed E-state index contributed by atoms with van der Waals surface area (Å²) in [6, 6.07) is 6.40. The van der Waals surface area contributed by atoms with Crippen LogP contribution in [0.2, 0.25) is 0 Å². The molecule has 0 radical (unpaired) electrons. The molecule has 2 unspecified atom stereocenters. The monoisotopic (exact) mass is 381 g/mol. The van der Waals surface area contributed by atoms with Crippen LogP contribution in [0.3, 0.4) is 0 Å². The Morgan fingerprint density at radius 2 is 2.00 bits per heavy atom. The summed E-state index contributed by atoms with van der Waals surface area (Å²) >= 11 is 0. The summed E-state index contributed by atoms with van der Waals surface area (Å²) in [5.41, 5.74) is 2.96. The van der Waals surface area contributed by atoms with Gasteiger partial charge in [-0.1, -0.05) is 24.3 Å². The highest BCUT2D eigenvalue weighted by Gasteiger charge is 2.41. The van der Waals surface area contributed by atoms with E-state index in [4.69, 9.17) is 4.74 Å². The van der Waals surface area contributed by atoms with Crippen molar-refractivity contribution in [2.45, 2.75) is 32.2 Å². The molecule has 28 heavy (non-hydrogen) atoms. The molecular formula is C21H23N3O4. The summed E-state index contributed by atoms with van der Waals surface area (Å²) in [5.74, 6) is -0.965. The van der Waals surface area contributed by atoms with Crippen LogP contribution in [0.1, 0.15) is 32.3 Å². The Labute approximate surface area is 163 Å². The molecule has 0 aromatic heterocycles. The molecular weight excluding hydrogens is 358 g/mol. The van der Waals surface area contributed by atoms with Crippen molar-refractivity contribution in [1.29, 1.82) is 0 Å². The number of methoxy groups -OCH3 is 1. The van der Waals surface area contributed by atoms with Gasteiger partial charge in [0.2, 0.25) is 0 Å². The van der Waals surface area contributed by atoms with Gasteiger partial charge in [-0.2, -0.15) is 0 Å². The number of nitro benzene ring substituents is 1. The third kappa shape index (κ3) is 3.31. The Kier molecular flexibility index (Phi) is 5.09. The first-order valence-corrected chi connectivity index (χ1v) is 8.92. The fourth-order valence-corrected chi connectivity index (χ4v) is 3.96. The number of carbonyl (C=O) groups is 1. The zero-order chi connectivity index (χ0) is 20.5. The fourth-order valence-electron chi connectivity index (χ4n) is 3.96. The number of carbonyl (C=O) groups excluding carboxylic acids is 1. The molecule has 0 fully saturated rings. The van der Waals surface area contributed by atoms with Crippen LogP contribution >= 0.6 is 0 Å². The first-order chi connectivity index (χ1) is 13.3. The highest BCUT2D eigenvalue weighted by molar-refractivity contribution is 5.93. The topological polar surface area (TPSA) is 93.5 Å². The SMILES string of the molecule is COC(=O)C1=C(C)NC(C)=C(C2(C)C=CC=CN2)C1c1cccc([N+](=O)[O-])c1. The van der Waals surface area contributed by atoms with Gasteiger partial charge in [-0.15, -0.1) is 0 Å². The van der Waals surface area contributed by atoms with E-state index in [1.807, 2.05) is 45.2 Å². The Morgan fingerprint density at radius 3 is 2.61 bits per heavy atom. The first kappa shape index (κ1) is 19.4. The molecule has 0 aliphatic carbocycles. The summed E-state index contributed by atoms with van der Waals surface area (Å²) in [4.78, 5) is 23.6. The first-order valence-electron chi connectivity index (χ1n) is 8.92. The van der Waals surface area contributed by atoms with Crippen LogP contribution in [0.15, 0.2) is 71.2 Å². The molecule has 0 saturated heterocycles. The number of esters is 1. The van der Waals surface area contributed by atoms with Crippen molar-refractivity contribution >= 4 is 11.7 Å². The predicted molar refractivity (Wildman–Crippen MR) is 106 cm³/mol. The van der Waals surface area contributed by atoms with E-state index in [1.165, 1.54) is 19.2 Å². The lowest BCUT2D eigenvalue weighted by Gasteiger charge is -2.41. The van der Waals surface area contributed by atoms with E-state index in [0.717, 1.165) is 11.3 Å². The van der Waals surface area contributed by atoms with E-state index >= 15 is 0 Å². The molecule has 2 N–H and O–H groups in total. The summed E-state index contributed by atoms with van der Waals surface area (Å²) in [6.45, 7) is 5.76. The number of rotatable bonds is 4. The van der Waals surface area contributed by atoms with Gasteiger partial charge in [0.15, 0.2) is 0 Å². The van der Waals surface area contributed by atoms with Gasteiger partial charge in [-0.25, -0.2) is 4.79 Å². The maximum absolute atomic E-state index is 12.7. The van der Waals surface area contributed by atoms with Gasteiger partial charge in [-0.3, -0.25) is 10.1 Å². The largest absolute Gasteiger partial charge is 0.466 e. The van der Waals surface area contributed by atoms with Gasteiger partial charge in [-0.05, 0) is 44.2 Å². The molecule has 0 spiro atoms. The highest BCUT2D eigenvalue weighted by atomic mass is 16.6. The second-order valence-electron chi connectivity index (χ2n) is 7.04. The number of dihydropyridines is 2. The Hall–Kier alpha value is -3.35. The fraction of sp³-hybridized carbons (Fsp3) is 0.286. The quantitative estimate of drug-likeness (QED) is 0.471. The second-order valence-corrected chi connectivity index (χ2v) is 7.04. The molecule has 3 rings (SSSR count). The number of nitrogens with zero attached hydrogens (tertiary/aromatic N) is 1. The predicted octanol–water partition coefficient (Wildman–Crippen LogP) is 3.43. The minimum atomic E-state index is -0.582. The maximum Gasteiger partial charge on any atom is 0.336 e. The van der Waals surface area contributed by atoms with Gasteiger partial charge >= 0.3 is 5.97 Å². The van der Waals surface area contributed by atoms with Gasteiger partial charge in [0.05, 0.1) is 23.1 Å². The Bertz CT molecular complexity index is 958. The summed E-state index contributed by atoms with van der Waals surface area (Å²) in [7, 11) is 1.33. The average molecular weight is 381 g/mol. The van der Waals surface area contributed by atoms with Crippen LogP contribution in [0.4, 0.5) is 5.69 Å². The Balaban J connectivity index is 2.25. The van der Waals surface area contributed by atoms with Crippen molar-refractivity contribution in [1.82, 2.24) is 10.6 Å². The van der Waals surface area contributed by atoms with Gasteiger partial charge < -0.3 is 15.4 Å². The van der Waals surface area contributed by atoms with Crippen molar-refractivity contribution in [3.05, 3.63) is 86.9 Å². The van der Waals surface area contributed by atoms with E-state index in [9.17, 15) is 14.9 Å². The molecule has 0 saturated carbocycles. The minimum Gasteiger partial charge on any atom is -0.466 e. The summed E-state index contributed by atoms with van der Waals surface area (Å²) in [6.07, 6.45) is 7.67. The molecule has 0 amide bonds.